The predicted octanol–water partition coefficient (Wildman–Crippen LogP) is 0.643. The minimum absolute atomic E-state index is 0.246. The first kappa shape index (κ1) is 20.7. The number of hydrogen-bond donors (Lipinski definition) is 3. The number of H-pyrrole nitrogens is 1. The second kappa shape index (κ2) is 8.65. The number of aromatic amines is 1. The van der Waals surface area contributed by atoms with Gasteiger partial charge in [-0.2, -0.15) is 0 Å². The molecule has 9 nitrogen and oxygen atoms in total. The summed E-state index contributed by atoms with van der Waals surface area (Å²) in [5, 5.41) is 0.538. The number of anilines is 1. The van der Waals surface area contributed by atoms with Crippen molar-refractivity contribution in [1.82, 2.24) is 19.4 Å². The Morgan fingerprint density at radius 2 is 1.94 bits per heavy atom. The average molecular weight is 422 g/mol. The van der Waals surface area contributed by atoms with Gasteiger partial charge in [0.1, 0.15) is 0 Å². The number of benzene rings is 1. The number of piperazine rings is 1. The molecule has 0 atom stereocenters. The monoisotopic (exact) mass is 421 g/mol. The molecule has 1 aromatic carbocycles. The van der Waals surface area contributed by atoms with Crippen molar-refractivity contribution >= 4 is 22.3 Å². The first-order chi connectivity index (χ1) is 15.0. The van der Waals surface area contributed by atoms with Crippen molar-refractivity contribution < 1.29 is 0 Å². The van der Waals surface area contributed by atoms with Crippen molar-refractivity contribution in [1.29, 1.82) is 0 Å². The van der Waals surface area contributed by atoms with Crippen molar-refractivity contribution in [2.24, 2.45) is 11.5 Å². The standard InChI is InChI=1S/C22H27N7O2/c1-2-29-21(30)17-5-3-15(11-20(17)26-22(29)31)14-27-7-9-28(10-8-27)16-4-6-19(25-13-16)18(24)12-23/h3-6,11-13H,2,7-10,14,23-24H2,1H3,(H,26,31)/b18-12-. The van der Waals surface area contributed by atoms with Crippen molar-refractivity contribution in [3.05, 3.63) is 74.8 Å². The molecule has 2 aromatic heterocycles. The number of aromatic nitrogens is 3. The molecule has 4 rings (SSSR count). The van der Waals surface area contributed by atoms with Gasteiger partial charge in [0.15, 0.2) is 0 Å². The Balaban J connectivity index is 1.42. The number of nitrogens with zero attached hydrogens (tertiary/aromatic N) is 4. The van der Waals surface area contributed by atoms with Gasteiger partial charge in [0.25, 0.3) is 5.56 Å². The Kier molecular flexibility index (Phi) is 5.77. The molecule has 0 radical (unpaired) electrons. The van der Waals surface area contributed by atoms with Crippen LogP contribution in [0.1, 0.15) is 18.2 Å². The molecule has 5 N–H and O–H groups in total. The fraction of sp³-hybridized carbons (Fsp3) is 0.318. The van der Waals surface area contributed by atoms with Crippen molar-refractivity contribution in [3.63, 3.8) is 0 Å². The van der Waals surface area contributed by atoms with E-state index >= 15 is 0 Å². The zero-order chi connectivity index (χ0) is 22.0. The van der Waals surface area contributed by atoms with Crippen molar-refractivity contribution in [2.45, 2.75) is 20.0 Å². The summed E-state index contributed by atoms with van der Waals surface area (Å²) in [6.45, 7) is 6.47. The van der Waals surface area contributed by atoms with Gasteiger partial charge in [-0.3, -0.25) is 19.2 Å². The lowest BCUT2D eigenvalue weighted by Crippen LogP contribution is -2.46. The van der Waals surface area contributed by atoms with Gasteiger partial charge >= 0.3 is 5.69 Å². The predicted molar refractivity (Wildman–Crippen MR) is 123 cm³/mol. The summed E-state index contributed by atoms with van der Waals surface area (Å²) in [6.07, 6.45) is 3.17. The topological polar surface area (TPSA) is 126 Å². The average Bonchev–Trinajstić information content (AvgIpc) is 2.79. The van der Waals surface area contributed by atoms with Gasteiger partial charge in [0.2, 0.25) is 0 Å². The molecule has 0 saturated carbocycles. The normalized spacial score (nSPS) is 15.5. The van der Waals surface area contributed by atoms with E-state index in [0.717, 1.165) is 44.0 Å². The summed E-state index contributed by atoms with van der Waals surface area (Å²) in [7, 11) is 0. The molecule has 3 aromatic rings. The van der Waals surface area contributed by atoms with Crippen LogP contribution < -0.4 is 27.6 Å². The first-order valence-corrected chi connectivity index (χ1v) is 10.4. The van der Waals surface area contributed by atoms with Gasteiger partial charge in [-0.15, -0.1) is 0 Å². The summed E-state index contributed by atoms with van der Waals surface area (Å²) in [6, 6.07) is 9.56. The van der Waals surface area contributed by atoms with E-state index in [-0.39, 0.29) is 11.2 Å². The molecule has 9 heteroatoms. The molecule has 1 saturated heterocycles. The molecule has 3 heterocycles. The van der Waals surface area contributed by atoms with Crippen LogP contribution in [0.15, 0.2) is 52.3 Å². The zero-order valence-corrected chi connectivity index (χ0v) is 17.5. The summed E-state index contributed by atoms with van der Waals surface area (Å²) < 4.78 is 1.21. The SMILES string of the molecule is CCn1c(=O)[nH]c2cc(CN3CCN(c4ccc(/C(N)=C/N)nc4)CC3)ccc2c1=O. The molecule has 0 spiro atoms. The van der Waals surface area contributed by atoms with E-state index in [4.69, 9.17) is 11.5 Å². The fourth-order valence-electron chi connectivity index (χ4n) is 3.94. The maximum atomic E-state index is 12.4. The Bertz CT molecular complexity index is 1220. The smallest absolute Gasteiger partial charge is 0.328 e. The highest BCUT2D eigenvalue weighted by Crippen LogP contribution is 2.19. The van der Waals surface area contributed by atoms with E-state index in [2.05, 4.69) is 19.8 Å². The number of nitrogens with two attached hydrogens (primary N) is 2. The number of rotatable bonds is 5. The van der Waals surface area contributed by atoms with Crippen molar-refractivity contribution in [3.8, 4) is 0 Å². The third-order valence-electron chi connectivity index (χ3n) is 5.73. The summed E-state index contributed by atoms with van der Waals surface area (Å²) >= 11 is 0. The second-order valence-corrected chi connectivity index (χ2v) is 7.65. The number of pyridine rings is 1. The van der Waals surface area contributed by atoms with Crippen LogP contribution in [-0.2, 0) is 13.1 Å². The van der Waals surface area contributed by atoms with Gasteiger partial charge in [-0.25, -0.2) is 4.79 Å². The lowest BCUT2D eigenvalue weighted by Gasteiger charge is -2.36. The maximum absolute atomic E-state index is 12.4. The molecule has 0 bridgehead atoms. The number of hydrogen-bond acceptors (Lipinski definition) is 7. The first-order valence-electron chi connectivity index (χ1n) is 10.4. The minimum atomic E-state index is -0.367. The van der Waals surface area contributed by atoms with Gasteiger partial charge < -0.3 is 21.4 Å². The van der Waals surface area contributed by atoms with Crippen LogP contribution in [0.5, 0.6) is 0 Å². The number of nitrogens with one attached hydrogen (secondary N) is 1. The maximum Gasteiger partial charge on any atom is 0.328 e. The highest BCUT2D eigenvalue weighted by molar-refractivity contribution is 5.78. The molecule has 0 unspecified atom stereocenters. The summed E-state index contributed by atoms with van der Waals surface area (Å²) in [5.74, 6) is 0. The summed E-state index contributed by atoms with van der Waals surface area (Å²) in [5.41, 5.74) is 14.5. The third kappa shape index (κ3) is 4.17. The Hall–Kier alpha value is -3.59. The molecular weight excluding hydrogens is 394 g/mol. The van der Waals surface area contributed by atoms with Crippen molar-refractivity contribution in [2.75, 3.05) is 31.1 Å². The molecule has 162 valence electrons. The van der Waals surface area contributed by atoms with Gasteiger partial charge in [0, 0.05) is 45.5 Å². The van der Waals surface area contributed by atoms with Gasteiger partial charge in [-0.05, 0) is 36.8 Å². The van der Waals surface area contributed by atoms with E-state index in [0.29, 0.717) is 28.8 Å². The fourth-order valence-corrected chi connectivity index (χ4v) is 3.94. The zero-order valence-electron chi connectivity index (χ0n) is 17.5. The Labute approximate surface area is 179 Å². The van der Waals surface area contributed by atoms with Crippen LogP contribution in [0, 0.1) is 0 Å². The molecule has 0 aliphatic carbocycles. The van der Waals surface area contributed by atoms with E-state index < -0.39 is 0 Å². The molecular formula is C22H27N7O2. The van der Waals surface area contributed by atoms with Crippen LogP contribution in [0.4, 0.5) is 5.69 Å². The van der Waals surface area contributed by atoms with Gasteiger partial charge in [0.05, 0.1) is 34.2 Å². The van der Waals surface area contributed by atoms with Crippen LogP contribution in [0.25, 0.3) is 16.6 Å². The van der Waals surface area contributed by atoms with Crippen LogP contribution >= 0.6 is 0 Å². The molecule has 1 aliphatic rings. The second-order valence-electron chi connectivity index (χ2n) is 7.65. The highest BCUT2D eigenvalue weighted by atomic mass is 16.2. The number of fused-ring (bicyclic) bond motifs is 1. The van der Waals surface area contributed by atoms with Crippen LogP contribution in [-0.4, -0.2) is 45.6 Å². The quantitative estimate of drug-likeness (QED) is 0.552. The molecule has 0 amide bonds. The van der Waals surface area contributed by atoms with E-state index in [1.807, 2.05) is 30.5 Å². The molecule has 1 aliphatic heterocycles. The minimum Gasteiger partial charge on any atom is -0.403 e. The third-order valence-corrected chi connectivity index (χ3v) is 5.73. The van der Waals surface area contributed by atoms with Crippen LogP contribution in [0.2, 0.25) is 0 Å². The highest BCUT2D eigenvalue weighted by Gasteiger charge is 2.18. The largest absolute Gasteiger partial charge is 0.403 e. The van der Waals surface area contributed by atoms with Crippen LogP contribution in [0.3, 0.4) is 0 Å². The lowest BCUT2D eigenvalue weighted by molar-refractivity contribution is 0.250. The molecule has 1 fully saturated rings. The lowest BCUT2D eigenvalue weighted by atomic mass is 10.1. The Morgan fingerprint density at radius 3 is 2.58 bits per heavy atom. The van der Waals surface area contributed by atoms with E-state index in [1.54, 1.807) is 13.0 Å². The summed E-state index contributed by atoms with van der Waals surface area (Å²) in [4.78, 5) is 36.4. The van der Waals surface area contributed by atoms with E-state index in [9.17, 15) is 9.59 Å². The van der Waals surface area contributed by atoms with Gasteiger partial charge in [-0.1, -0.05) is 6.07 Å². The van der Waals surface area contributed by atoms with E-state index in [1.165, 1.54) is 10.8 Å². The Morgan fingerprint density at radius 1 is 1.16 bits per heavy atom. The molecule has 31 heavy (non-hydrogen) atoms.